The molecule has 1 fully saturated rings. The molecular weight excluding hydrogens is 212 g/mol. The highest BCUT2D eigenvalue weighted by atomic mass is 32.1. The van der Waals surface area contributed by atoms with Crippen molar-refractivity contribution in [2.75, 3.05) is 31.1 Å². The van der Waals surface area contributed by atoms with E-state index in [1.807, 2.05) is 4.90 Å². The van der Waals surface area contributed by atoms with Crippen molar-refractivity contribution in [3.63, 3.8) is 0 Å². The zero-order valence-electron chi connectivity index (χ0n) is 8.72. The second-order valence-electron chi connectivity index (χ2n) is 3.57. The number of hydrogen-bond donors (Lipinski definition) is 0. The van der Waals surface area contributed by atoms with Crippen molar-refractivity contribution in [3.05, 3.63) is 5.51 Å². The lowest BCUT2D eigenvalue weighted by Crippen LogP contribution is -2.33. The second kappa shape index (κ2) is 4.57. The van der Waals surface area contributed by atoms with Crippen LogP contribution < -0.4 is 4.90 Å². The molecule has 0 unspecified atom stereocenters. The monoisotopic (exact) mass is 226 g/mol. The van der Waals surface area contributed by atoms with Crippen LogP contribution in [0.15, 0.2) is 5.51 Å². The van der Waals surface area contributed by atoms with E-state index in [0.717, 1.165) is 37.7 Å². The lowest BCUT2D eigenvalue weighted by molar-refractivity contribution is -0.128. The highest BCUT2D eigenvalue weighted by molar-refractivity contribution is 7.13. The third kappa shape index (κ3) is 2.44. The van der Waals surface area contributed by atoms with Crippen LogP contribution in [-0.4, -0.2) is 47.2 Å². The molecule has 0 atom stereocenters. The molecule has 1 amide bonds. The molecular formula is C9H14N4OS. The highest BCUT2D eigenvalue weighted by Crippen LogP contribution is 2.17. The topological polar surface area (TPSA) is 49.3 Å². The fourth-order valence-electron chi connectivity index (χ4n) is 1.73. The molecule has 2 heterocycles. The number of anilines is 1. The standard InChI is InChI=1S/C9H14N4OS/c1-8(14)12-3-2-4-13(6-5-12)9-11-10-7-15-9/h7H,2-6H2,1H3. The minimum absolute atomic E-state index is 0.161. The third-order valence-electron chi connectivity index (χ3n) is 2.56. The maximum Gasteiger partial charge on any atom is 0.219 e. The number of amides is 1. The average molecular weight is 226 g/mol. The van der Waals surface area contributed by atoms with E-state index in [9.17, 15) is 4.79 Å². The molecule has 0 N–H and O–H groups in total. The van der Waals surface area contributed by atoms with Crippen LogP contribution in [0.5, 0.6) is 0 Å². The van der Waals surface area contributed by atoms with Gasteiger partial charge in [0.25, 0.3) is 0 Å². The summed E-state index contributed by atoms with van der Waals surface area (Å²) in [5, 5.41) is 8.83. The molecule has 0 radical (unpaired) electrons. The smallest absolute Gasteiger partial charge is 0.219 e. The van der Waals surface area contributed by atoms with E-state index in [0.29, 0.717) is 0 Å². The number of aromatic nitrogens is 2. The summed E-state index contributed by atoms with van der Waals surface area (Å²) in [7, 11) is 0. The van der Waals surface area contributed by atoms with Gasteiger partial charge in [0.2, 0.25) is 11.0 Å². The molecule has 82 valence electrons. The molecule has 1 aliphatic rings. The second-order valence-corrected chi connectivity index (χ2v) is 4.38. The summed E-state index contributed by atoms with van der Waals surface area (Å²) in [5.41, 5.74) is 1.74. The Labute approximate surface area is 92.7 Å². The van der Waals surface area contributed by atoms with Gasteiger partial charge in [0.05, 0.1) is 0 Å². The zero-order chi connectivity index (χ0) is 10.7. The maximum atomic E-state index is 11.2. The van der Waals surface area contributed by atoms with Crippen molar-refractivity contribution in [1.29, 1.82) is 0 Å². The number of carbonyl (C=O) groups excluding carboxylic acids is 1. The molecule has 1 aromatic heterocycles. The Morgan fingerprint density at radius 1 is 1.40 bits per heavy atom. The Morgan fingerprint density at radius 2 is 2.27 bits per heavy atom. The van der Waals surface area contributed by atoms with Crippen molar-refractivity contribution in [2.24, 2.45) is 0 Å². The molecule has 0 aliphatic carbocycles. The van der Waals surface area contributed by atoms with Crippen LogP contribution in [0.4, 0.5) is 5.13 Å². The van der Waals surface area contributed by atoms with Crippen molar-refractivity contribution < 1.29 is 4.79 Å². The number of hydrogen-bond acceptors (Lipinski definition) is 5. The van der Waals surface area contributed by atoms with Gasteiger partial charge in [0.1, 0.15) is 5.51 Å². The summed E-state index contributed by atoms with van der Waals surface area (Å²) in [4.78, 5) is 15.3. The van der Waals surface area contributed by atoms with Crippen molar-refractivity contribution >= 4 is 22.4 Å². The van der Waals surface area contributed by atoms with E-state index < -0.39 is 0 Å². The van der Waals surface area contributed by atoms with Gasteiger partial charge >= 0.3 is 0 Å². The normalized spacial score (nSPS) is 17.7. The Morgan fingerprint density at radius 3 is 2.93 bits per heavy atom. The van der Waals surface area contributed by atoms with E-state index in [4.69, 9.17) is 0 Å². The number of rotatable bonds is 1. The lowest BCUT2D eigenvalue weighted by atomic mass is 10.4. The van der Waals surface area contributed by atoms with Gasteiger partial charge in [-0.1, -0.05) is 11.3 Å². The van der Waals surface area contributed by atoms with E-state index in [-0.39, 0.29) is 5.91 Å². The van der Waals surface area contributed by atoms with E-state index >= 15 is 0 Å². The van der Waals surface area contributed by atoms with Crippen LogP contribution in [-0.2, 0) is 4.79 Å². The van der Waals surface area contributed by atoms with Crippen LogP contribution in [0.3, 0.4) is 0 Å². The lowest BCUT2D eigenvalue weighted by Gasteiger charge is -2.19. The molecule has 1 aliphatic heterocycles. The Bertz CT molecular complexity index is 327. The summed E-state index contributed by atoms with van der Waals surface area (Å²) in [6.07, 6.45) is 0.999. The van der Waals surface area contributed by atoms with Crippen LogP contribution in [0.2, 0.25) is 0 Å². The van der Waals surface area contributed by atoms with E-state index in [1.54, 1.807) is 23.8 Å². The van der Waals surface area contributed by atoms with Gasteiger partial charge in [-0.05, 0) is 6.42 Å². The average Bonchev–Trinajstić information content (AvgIpc) is 2.62. The van der Waals surface area contributed by atoms with Crippen molar-refractivity contribution in [1.82, 2.24) is 15.1 Å². The fraction of sp³-hybridized carbons (Fsp3) is 0.667. The van der Waals surface area contributed by atoms with Gasteiger partial charge in [0, 0.05) is 33.1 Å². The van der Waals surface area contributed by atoms with Gasteiger partial charge < -0.3 is 9.80 Å². The molecule has 15 heavy (non-hydrogen) atoms. The maximum absolute atomic E-state index is 11.2. The molecule has 0 bridgehead atoms. The predicted molar refractivity (Wildman–Crippen MR) is 59.0 cm³/mol. The molecule has 0 spiro atoms. The largest absolute Gasteiger partial charge is 0.345 e. The van der Waals surface area contributed by atoms with Crippen LogP contribution in [0.25, 0.3) is 0 Å². The van der Waals surface area contributed by atoms with Gasteiger partial charge in [-0.15, -0.1) is 10.2 Å². The predicted octanol–water partition coefficient (Wildman–Crippen LogP) is 0.597. The SMILES string of the molecule is CC(=O)N1CCCN(c2nncs2)CC1. The van der Waals surface area contributed by atoms with E-state index in [2.05, 4.69) is 15.1 Å². The summed E-state index contributed by atoms with van der Waals surface area (Å²) in [6, 6.07) is 0. The molecule has 1 saturated heterocycles. The van der Waals surface area contributed by atoms with Gasteiger partial charge in [-0.25, -0.2) is 0 Å². The first-order valence-corrected chi connectivity index (χ1v) is 5.92. The molecule has 5 nitrogen and oxygen atoms in total. The Hall–Kier alpha value is -1.17. The summed E-state index contributed by atoms with van der Waals surface area (Å²) >= 11 is 1.55. The summed E-state index contributed by atoms with van der Waals surface area (Å²) in [6.45, 7) is 5.08. The minimum atomic E-state index is 0.161. The van der Waals surface area contributed by atoms with Crippen molar-refractivity contribution in [3.8, 4) is 0 Å². The minimum Gasteiger partial charge on any atom is -0.345 e. The van der Waals surface area contributed by atoms with Crippen LogP contribution in [0, 0.1) is 0 Å². The first-order valence-electron chi connectivity index (χ1n) is 5.04. The fourth-order valence-corrected chi connectivity index (χ4v) is 2.34. The van der Waals surface area contributed by atoms with Gasteiger partial charge in [-0.3, -0.25) is 4.79 Å². The number of nitrogens with zero attached hydrogens (tertiary/aromatic N) is 4. The summed E-state index contributed by atoms with van der Waals surface area (Å²) in [5.74, 6) is 0.161. The first kappa shape index (κ1) is 10.4. The van der Waals surface area contributed by atoms with E-state index in [1.165, 1.54) is 0 Å². The van der Waals surface area contributed by atoms with Gasteiger partial charge in [-0.2, -0.15) is 0 Å². The molecule has 2 rings (SSSR count). The number of carbonyl (C=O) groups is 1. The molecule has 0 aromatic carbocycles. The van der Waals surface area contributed by atoms with Crippen molar-refractivity contribution in [2.45, 2.75) is 13.3 Å². The van der Waals surface area contributed by atoms with Gasteiger partial charge in [0.15, 0.2) is 0 Å². The third-order valence-corrected chi connectivity index (χ3v) is 3.31. The Kier molecular flexibility index (Phi) is 3.15. The highest BCUT2D eigenvalue weighted by Gasteiger charge is 2.17. The molecule has 0 saturated carbocycles. The molecule has 1 aromatic rings. The van der Waals surface area contributed by atoms with Crippen LogP contribution in [0.1, 0.15) is 13.3 Å². The molecule has 6 heteroatoms. The first-order chi connectivity index (χ1) is 7.27. The summed E-state index contributed by atoms with van der Waals surface area (Å²) < 4.78 is 0. The Balaban J connectivity index is 1.98. The zero-order valence-corrected chi connectivity index (χ0v) is 9.53. The van der Waals surface area contributed by atoms with Crippen LogP contribution >= 0.6 is 11.3 Å². The quantitative estimate of drug-likeness (QED) is 0.703.